The van der Waals surface area contributed by atoms with Gasteiger partial charge >= 0.3 is 7.12 Å². The van der Waals surface area contributed by atoms with Crippen LogP contribution in [0.5, 0.6) is 0 Å². The summed E-state index contributed by atoms with van der Waals surface area (Å²) in [7, 11) is -0.966. The van der Waals surface area contributed by atoms with Crippen molar-refractivity contribution in [2.24, 2.45) is 17.8 Å². The Bertz CT molecular complexity index is 1260. The number of furan rings is 1. The minimum atomic E-state index is -0.966. The lowest BCUT2D eigenvalue weighted by molar-refractivity contribution is 0.0598. The largest absolute Gasteiger partial charge is 0.459 e. The molecule has 0 spiro atoms. The predicted molar refractivity (Wildman–Crippen MR) is 147 cm³/mol. The van der Waals surface area contributed by atoms with Gasteiger partial charge in [-0.05, 0) is 68.1 Å². The van der Waals surface area contributed by atoms with Gasteiger partial charge in [0.15, 0.2) is 11.6 Å². The maximum Gasteiger partial charge on any atom is 0.455 e. The molecule has 2 N–H and O–H groups in total. The molecule has 1 aliphatic heterocycles. The van der Waals surface area contributed by atoms with E-state index in [2.05, 4.69) is 13.8 Å². The number of rotatable bonds is 9. The van der Waals surface area contributed by atoms with Crippen molar-refractivity contribution in [1.29, 1.82) is 0 Å². The number of aliphatic hydroxyl groups is 1. The number of aliphatic hydroxyl groups excluding tert-OH is 1. The fraction of sp³-hybridized carbons (Fsp3) is 0.484. The summed E-state index contributed by atoms with van der Waals surface area (Å²) in [5.41, 5.74) is 4.66. The number of ketones is 2. The second-order valence-corrected chi connectivity index (χ2v) is 10.9. The molecular formula is C31H37BO6. The van der Waals surface area contributed by atoms with E-state index in [0.717, 1.165) is 43.4 Å². The number of carbonyl (C=O) groups excluding carboxylic acids is 2. The SMILES string of the molecule is CCCC1=C2[C@@H](CC/C(=C/c3ccc(CO)o3)CCC)OB(O)C[C@@H]2[C@@H]2C(=O)c3ccccc3C(=O)[C@@H]2C1. The lowest BCUT2D eigenvalue weighted by Gasteiger charge is -2.47. The summed E-state index contributed by atoms with van der Waals surface area (Å²) >= 11 is 0. The predicted octanol–water partition coefficient (Wildman–Crippen LogP) is 6.04. The summed E-state index contributed by atoms with van der Waals surface area (Å²) in [5.74, 6) is 0.340. The molecular weight excluding hydrogens is 479 g/mol. The van der Waals surface area contributed by atoms with Gasteiger partial charge in [-0.1, -0.05) is 62.1 Å². The van der Waals surface area contributed by atoms with Crippen molar-refractivity contribution >= 4 is 24.8 Å². The third-order valence-corrected chi connectivity index (χ3v) is 8.40. The standard InChI is InChI=1S/C31H37BO6/c1-3-7-19(15-21-12-13-22(18-33)37-21)11-14-27-28-20(8-4-2)16-25-29(26(28)17-32(36)38-27)31(35)24-10-6-5-9-23(24)30(25)34/h5-6,9-10,12-13,15,25-27,29,33,36H,3-4,7-8,11,14,16-18H2,1-2H3/b19-15+/t25-,26+,27-,29-/m1/s1. The van der Waals surface area contributed by atoms with Gasteiger partial charge in [-0.25, -0.2) is 0 Å². The van der Waals surface area contributed by atoms with Gasteiger partial charge in [-0.3, -0.25) is 9.59 Å². The van der Waals surface area contributed by atoms with Crippen LogP contribution in [0.4, 0.5) is 0 Å². The van der Waals surface area contributed by atoms with Crippen LogP contribution in [0.25, 0.3) is 6.08 Å². The van der Waals surface area contributed by atoms with Gasteiger partial charge in [0.1, 0.15) is 18.1 Å². The zero-order valence-electron chi connectivity index (χ0n) is 22.3. The first-order valence-electron chi connectivity index (χ1n) is 14.1. The van der Waals surface area contributed by atoms with Crippen LogP contribution in [-0.2, 0) is 11.3 Å². The molecule has 1 saturated heterocycles. The van der Waals surface area contributed by atoms with Gasteiger partial charge in [0.05, 0.1) is 6.10 Å². The van der Waals surface area contributed by atoms with E-state index in [9.17, 15) is 19.7 Å². The summed E-state index contributed by atoms with van der Waals surface area (Å²) in [5, 5.41) is 20.1. The van der Waals surface area contributed by atoms with E-state index in [-0.39, 0.29) is 36.1 Å². The first-order valence-corrected chi connectivity index (χ1v) is 14.1. The molecule has 1 fully saturated rings. The molecule has 0 saturated carbocycles. The fourth-order valence-corrected chi connectivity index (χ4v) is 6.87. The molecule has 0 bridgehead atoms. The van der Waals surface area contributed by atoms with E-state index in [0.29, 0.717) is 36.0 Å². The summed E-state index contributed by atoms with van der Waals surface area (Å²) in [6.45, 7) is 4.14. The molecule has 1 aromatic carbocycles. The van der Waals surface area contributed by atoms with E-state index in [4.69, 9.17) is 9.07 Å². The van der Waals surface area contributed by atoms with Crippen LogP contribution in [0, 0.1) is 17.8 Å². The highest BCUT2D eigenvalue weighted by atomic mass is 16.5. The lowest BCUT2D eigenvalue weighted by Crippen LogP contribution is -2.50. The van der Waals surface area contributed by atoms with E-state index in [1.165, 1.54) is 11.1 Å². The lowest BCUT2D eigenvalue weighted by atomic mass is 9.54. The second kappa shape index (κ2) is 11.6. The normalized spacial score (nSPS) is 25.4. The molecule has 4 atom stereocenters. The number of carbonyl (C=O) groups is 2. The van der Waals surface area contributed by atoms with Crippen LogP contribution in [0.1, 0.15) is 91.0 Å². The number of hydrogen-bond donors (Lipinski definition) is 2. The average molecular weight is 516 g/mol. The Labute approximate surface area is 224 Å². The molecule has 38 heavy (non-hydrogen) atoms. The fourth-order valence-electron chi connectivity index (χ4n) is 6.87. The van der Waals surface area contributed by atoms with Crippen molar-refractivity contribution in [1.82, 2.24) is 0 Å². The number of fused-ring (bicyclic) bond motifs is 4. The highest BCUT2D eigenvalue weighted by Gasteiger charge is 2.53. The van der Waals surface area contributed by atoms with Crippen molar-refractivity contribution in [3.63, 3.8) is 0 Å². The molecule has 6 nitrogen and oxygen atoms in total. The van der Waals surface area contributed by atoms with Crippen molar-refractivity contribution in [3.8, 4) is 0 Å². The van der Waals surface area contributed by atoms with Crippen molar-refractivity contribution < 1.29 is 28.8 Å². The Morgan fingerprint density at radius 1 is 1.03 bits per heavy atom. The summed E-state index contributed by atoms with van der Waals surface area (Å²) in [6.07, 6.45) is 7.83. The Morgan fingerprint density at radius 2 is 1.79 bits per heavy atom. The molecule has 2 aliphatic carbocycles. The Balaban J connectivity index is 1.46. The molecule has 0 unspecified atom stereocenters. The van der Waals surface area contributed by atoms with Gasteiger partial charge in [-0.15, -0.1) is 0 Å². The Morgan fingerprint density at radius 3 is 2.47 bits per heavy atom. The second-order valence-electron chi connectivity index (χ2n) is 10.9. The van der Waals surface area contributed by atoms with E-state index in [1.54, 1.807) is 18.2 Å². The topological polar surface area (TPSA) is 97.0 Å². The molecule has 2 heterocycles. The smallest absolute Gasteiger partial charge is 0.455 e. The van der Waals surface area contributed by atoms with Crippen LogP contribution in [0.15, 0.2) is 57.5 Å². The maximum absolute atomic E-state index is 13.8. The van der Waals surface area contributed by atoms with Crippen molar-refractivity contribution in [3.05, 3.63) is 75.8 Å². The highest BCUT2D eigenvalue weighted by molar-refractivity contribution is 6.43. The zero-order valence-corrected chi connectivity index (χ0v) is 22.3. The zero-order chi connectivity index (χ0) is 26.8. The highest BCUT2D eigenvalue weighted by Crippen LogP contribution is 2.51. The Kier molecular flexibility index (Phi) is 8.17. The van der Waals surface area contributed by atoms with Gasteiger partial charge in [0.25, 0.3) is 0 Å². The molecule has 200 valence electrons. The van der Waals surface area contributed by atoms with E-state index < -0.39 is 13.0 Å². The third kappa shape index (κ3) is 5.12. The average Bonchev–Trinajstić information content (AvgIpc) is 3.37. The molecule has 3 aliphatic rings. The molecule has 0 amide bonds. The quantitative estimate of drug-likeness (QED) is 0.312. The van der Waals surface area contributed by atoms with Crippen LogP contribution in [-0.4, -0.2) is 34.9 Å². The summed E-state index contributed by atoms with van der Waals surface area (Å²) in [4.78, 5) is 27.3. The molecule has 2 aromatic rings. The molecule has 1 aromatic heterocycles. The summed E-state index contributed by atoms with van der Waals surface area (Å²) < 4.78 is 11.8. The van der Waals surface area contributed by atoms with Crippen LogP contribution in [0.3, 0.4) is 0 Å². The van der Waals surface area contributed by atoms with Crippen LogP contribution < -0.4 is 0 Å². The van der Waals surface area contributed by atoms with Gasteiger partial charge in [-0.2, -0.15) is 0 Å². The van der Waals surface area contributed by atoms with Crippen molar-refractivity contribution in [2.75, 3.05) is 0 Å². The monoisotopic (exact) mass is 516 g/mol. The van der Waals surface area contributed by atoms with E-state index >= 15 is 0 Å². The number of hydrogen-bond acceptors (Lipinski definition) is 6. The Hall–Kier alpha value is -2.74. The van der Waals surface area contributed by atoms with Crippen molar-refractivity contribution in [2.45, 2.75) is 77.8 Å². The van der Waals surface area contributed by atoms with Crippen LogP contribution >= 0.6 is 0 Å². The number of allylic oxidation sites excluding steroid dienone is 2. The van der Waals surface area contributed by atoms with Gasteiger partial charge < -0.3 is 19.2 Å². The minimum absolute atomic E-state index is 0.0279. The van der Waals surface area contributed by atoms with Gasteiger partial charge in [0, 0.05) is 23.0 Å². The summed E-state index contributed by atoms with van der Waals surface area (Å²) in [6, 6.07) is 10.8. The number of Topliss-reactive ketones (excluding diaryl/α,β-unsaturated/α-hetero) is 2. The molecule has 0 radical (unpaired) electrons. The maximum atomic E-state index is 13.8. The first kappa shape index (κ1) is 26.9. The van der Waals surface area contributed by atoms with Crippen LogP contribution in [0.2, 0.25) is 6.32 Å². The van der Waals surface area contributed by atoms with E-state index in [1.807, 2.05) is 24.3 Å². The first-order chi connectivity index (χ1) is 18.4. The number of benzene rings is 1. The molecule has 7 heteroatoms. The van der Waals surface area contributed by atoms with Gasteiger partial charge in [0.2, 0.25) is 0 Å². The molecule has 5 rings (SSSR count). The minimum Gasteiger partial charge on any atom is -0.459 e. The third-order valence-electron chi connectivity index (χ3n) is 8.40.